The highest BCUT2D eigenvalue weighted by molar-refractivity contribution is 5.92. The third-order valence-electron chi connectivity index (χ3n) is 4.57. The summed E-state index contributed by atoms with van der Waals surface area (Å²) in [5.74, 6) is 1.35. The van der Waals surface area contributed by atoms with Gasteiger partial charge in [0.2, 0.25) is 0 Å². The van der Waals surface area contributed by atoms with Gasteiger partial charge in [-0.25, -0.2) is 4.98 Å². The first-order chi connectivity index (χ1) is 12.4. The number of rotatable bonds is 6. The Balaban J connectivity index is 1.83. The minimum absolute atomic E-state index is 0.0265. The average molecular weight is 353 g/mol. The second-order valence-corrected chi connectivity index (χ2v) is 7.17. The second-order valence-electron chi connectivity index (χ2n) is 7.17. The van der Waals surface area contributed by atoms with Crippen molar-refractivity contribution in [2.75, 3.05) is 7.05 Å². The van der Waals surface area contributed by atoms with Crippen molar-refractivity contribution in [3.05, 3.63) is 47.5 Å². The van der Waals surface area contributed by atoms with Crippen LogP contribution in [0.1, 0.15) is 42.8 Å². The number of hydrogen-bond donors (Lipinski definition) is 0. The van der Waals surface area contributed by atoms with E-state index in [0.717, 1.165) is 29.0 Å². The van der Waals surface area contributed by atoms with Gasteiger partial charge < -0.3 is 9.47 Å². The fourth-order valence-corrected chi connectivity index (χ4v) is 3.22. The number of benzene rings is 1. The molecule has 0 aliphatic rings. The summed E-state index contributed by atoms with van der Waals surface area (Å²) >= 11 is 0. The van der Waals surface area contributed by atoms with Crippen molar-refractivity contribution in [3.63, 3.8) is 0 Å². The molecule has 0 bridgehead atoms. The van der Waals surface area contributed by atoms with Gasteiger partial charge in [0.25, 0.3) is 5.91 Å². The van der Waals surface area contributed by atoms with E-state index in [1.807, 2.05) is 55.9 Å². The van der Waals surface area contributed by atoms with E-state index in [2.05, 4.69) is 23.9 Å². The van der Waals surface area contributed by atoms with Crippen molar-refractivity contribution < 1.29 is 4.79 Å². The van der Waals surface area contributed by atoms with Crippen LogP contribution in [-0.2, 0) is 26.6 Å². The summed E-state index contributed by atoms with van der Waals surface area (Å²) in [6.07, 6.45) is 0.877. The lowest BCUT2D eigenvalue weighted by molar-refractivity contribution is 0.0768. The molecule has 0 saturated heterocycles. The van der Waals surface area contributed by atoms with Crippen LogP contribution in [0.5, 0.6) is 0 Å². The molecule has 0 aliphatic carbocycles. The molecule has 0 fully saturated rings. The second kappa shape index (κ2) is 7.32. The summed E-state index contributed by atoms with van der Waals surface area (Å²) in [5, 5.41) is 4.58. The van der Waals surface area contributed by atoms with Gasteiger partial charge in [0.1, 0.15) is 11.5 Å². The molecule has 2 aromatic heterocycles. The Kier molecular flexibility index (Phi) is 5.11. The number of aromatic nitrogens is 4. The van der Waals surface area contributed by atoms with Crippen LogP contribution in [0.15, 0.2) is 30.3 Å². The number of imidazole rings is 1. The molecule has 1 amide bonds. The van der Waals surface area contributed by atoms with E-state index in [9.17, 15) is 4.79 Å². The molecule has 2 heterocycles. The molecule has 6 heteroatoms. The third kappa shape index (κ3) is 3.49. The first-order valence-corrected chi connectivity index (χ1v) is 9.13. The Morgan fingerprint density at radius 1 is 1.27 bits per heavy atom. The number of nitrogens with zero attached hydrogens (tertiary/aromatic N) is 5. The van der Waals surface area contributed by atoms with E-state index in [-0.39, 0.29) is 5.91 Å². The third-order valence-corrected chi connectivity index (χ3v) is 4.57. The quantitative estimate of drug-likeness (QED) is 0.683. The molecular weight excluding hydrogens is 326 g/mol. The van der Waals surface area contributed by atoms with Crippen LogP contribution in [-0.4, -0.2) is 37.2 Å². The molecule has 0 saturated carbocycles. The first-order valence-electron chi connectivity index (χ1n) is 9.13. The minimum Gasteiger partial charge on any atom is -0.333 e. The molecule has 0 atom stereocenters. The standard InChI is InChI=1S/C20H27N5O/c1-6-25-18(12-15(22-25)11-14(2)3)20(26)23(4)13-19-21-16-9-7-8-10-17(16)24(19)5/h7-10,12,14H,6,11,13H2,1-5H3. The molecule has 3 aromatic rings. The Hall–Kier alpha value is -2.63. The molecule has 0 unspecified atom stereocenters. The van der Waals surface area contributed by atoms with E-state index in [1.165, 1.54) is 0 Å². The Bertz CT molecular complexity index is 922. The SMILES string of the molecule is CCn1nc(CC(C)C)cc1C(=O)N(C)Cc1nc2ccccc2n1C. The maximum Gasteiger partial charge on any atom is 0.272 e. The van der Waals surface area contributed by atoms with Gasteiger partial charge in [-0.15, -0.1) is 0 Å². The summed E-state index contributed by atoms with van der Waals surface area (Å²) in [7, 11) is 3.80. The van der Waals surface area contributed by atoms with Crippen LogP contribution < -0.4 is 0 Å². The first kappa shape index (κ1) is 18.2. The zero-order valence-corrected chi connectivity index (χ0v) is 16.2. The van der Waals surface area contributed by atoms with Crippen molar-refractivity contribution in [3.8, 4) is 0 Å². The highest BCUT2D eigenvalue weighted by Gasteiger charge is 2.20. The lowest BCUT2D eigenvalue weighted by Gasteiger charge is -2.17. The van der Waals surface area contributed by atoms with Crippen LogP contribution in [0.3, 0.4) is 0 Å². The van der Waals surface area contributed by atoms with Crippen molar-refractivity contribution >= 4 is 16.9 Å². The molecule has 3 rings (SSSR count). The maximum absolute atomic E-state index is 13.0. The molecule has 26 heavy (non-hydrogen) atoms. The predicted octanol–water partition coefficient (Wildman–Crippen LogP) is 3.26. The van der Waals surface area contributed by atoms with E-state index < -0.39 is 0 Å². The molecule has 0 radical (unpaired) electrons. The summed E-state index contributed by atoms with van der Waals surface area (Å²) in [6.45, 7) is 7.46. The number of para-hydroxylation sites is 2. The lowest BCUT2D eigenvalue weighted by atomic mass is 10.1. The number of fused-ring (bicyclic) bond motifs is 1. The summed E-state index contributed by atoms with van der Waals surface area (Å²) in [4.78, 5) is 19.4. The highest BCUT2D eigenvalue weighted by Crippen LogP contribution is 2.17. The van der Waals surface area contributed by atoms with E-state index in [4.69, 9.17) is 0 Å². The monoisotopic (exact) mass is 353 g/mol. The van der Waals surface area contributed by atoms with Crippen molar-refractivity contribution in [1.29, 1.82) is 0 Å². The van der Waals surface area contributed by atoms with Crippen molar-refractivity contribution in [2.45, 2.75) is 40.3 Å². The Morgan fingerprint density at radius 2 is 2.00 bits per heavy atom. The molecular formula is C20H27N5O. The topological polar surface area (TPSA) is 56.0 Å². The largest absolute Gasteiger partial charge is 0.333 e. The van der Waals surface area contributed by atoms with Crippen LogP contribution in [0.4, 0.5) is 0 Å². The Morgan fingerprint density at radius 3 is 2.65 bits per heavy atom. The maximum atomic E-state index is 13.0. The minimum atomic E-state index is -0.0265. The van der Waals surface area contributed by atoms with Gasteiger partial charge in [-0.05, 0) is 37.5 Å². The van der Waals surface area contributed by atoms with Gasteiger partial charge in [-0.2, -0.15) is 5.10 Å². The van der Waals surface area contributed by atoms with Gasteiger partial charge >= 0.3 is 0 Å². The van der Waals surface area contributed by atoms with Crippen LogP contribution in [0.25, 0.3) is 11.0 Å². The van der Waals surface area contributed by atoms with E-state index in [0.29, 0.717) is 24.7 Å². The number of hydrogen-bond acceptors (Lipinski definition) is 3. The zero-order chi connectivity index (χ0) is 18.8. The number of carbonyl (C=O) groups is 1. The highest BCUT2D eigenvalue weighted by atomic mass is 16.2. The fraction of sp³-hybridized carbons (Fsp3) is 0.450. The van der Waals surface area contributed by atoms with E-state index >= 15 is 0 Å². The number of amides is 1. The average Bonchev–Trinajstić information content (AvgIpc) is 3.15. The van der Waals surface area contributed by atoms with Crippen LogP contribution in [0.2, 0.25) is 0 Å². The van der Waals surface area contributed by atoms with Crippen molar-refractivity contribution in [2.24, 2.45) is 13.0 Å². The number of carbonyl (C=O) groups excluding carboxylic acids is 1. The van der Waals surface area contributed by atoms with Gasteiger partial charge in [0.05, 0.1) is 23.3 Å². The molecule has 0 N–H and O–H groups in total. The number of aryl methyl sites for hydroxylation is 2. The molecule has 0 spiro atoms. The molecule has 6 nitrogen and oxygen atoms in total. The van der Waals surface area contributed by atoms with Gasteiger partial charge in [0.15, 0.2) is 0 Å². The zero-order valence-electron chi connectivity index (χ0n) is 16.2. The van der Waals surface area contributed by atoms with Gasteiger partial charge in [-0.3, -0.25) is 9.48 Å². The normalized spacial score (nSPS) is 11.5. The summed E-state index contributed by atoms with van der Waals surface area (Å²) in [6, 6.07) is 9.93. The van der Waals surface area contributed by atoms with Gasteiger partial charge in [-0.1, -0.05) is 26.0 Å². The predicted molar refractivity (Wildman–Crippen MR) is 103 cm³/mol. The Labute approximate surface area is 154 Å². The van der Waals surface area contributed by atoms with Crippen molar-refractivity contribution in [1.82, 2.24) is 24.2 Å². The molecule has 138 valence electrons. The molecule has 0 aliphatic heterocycles. The summed E-state index contributed by atoms with van der Waals surface area (Å²) < 4.78 is 3.84. The molecule has 1 aromatic carbocycles. The summed E-state index contributed by atoms with van der Waals surface area (Å²) in [5.41, 5.74) is 3.63. The van der Waals surface area contributed by atoms with E-state index in [1.54, 1.807) is 9.58 Å². The van der Waals surface area contributed by atoms with Crippen LogP contribution >= 0.6 is 0 Å². The fourth-order valence-electron chi connectivity index (χ4n) is 3.22. The smallest absolute Gasteiger partial charge is 0.272 e. The van der Waals surface area contributed by atoms with Crippen LogP contribution in [0, 0.1) is 5.92 Å². The lowest BCUT2D eigenvalue weighted by Crippen LogP contribution is -2.29. The van der Waals surface area contributed by atoms with Gasteiger partial charge in [0, 0.05) is 20.6 Å².